The molecule has 0 bridgehead atoms. The first-order valence-electron chi connectivity index (χ1n) is 5.24. The topological polar surface area (TPSA) is 47.6 Å². The van der Waals surface area contributed by atoms with Crippen molar-refractivity contribution in [3.05, 3.63) is 23.8 Å². The number of rotatable bonds is 6. The van der Waals surface area contributed by atoms with Gasteiger partial charge >= 0.3 is 0 Å². The summed E-state index contributed by atoms with van der Waals surface area (Å²) in [5.41, 5.74) is 0.899. The van der Waals surface area contributed by atoms with Gasteiger partial charge in [-0.05, 0) is 12.1 Å². The van der Waals surface area contributed by atoms with Crippen molar-refractivity contribution in [1.82, 2.24) is 5.32 Å². The van der Waals surface area contributed by atoms with Gasteiger partial charge in [-0.2, -0.15) is 0 Å². The molecule has 1 N–H and O–H groups in total. The molecule has 0 aliphatic heterocycles. The highest BCUT2D eigenvalue weighted by molar-refractivity contribution is 6.18. The van der Waals surface area contributed by atoms with Crippen LogP contribution in [-0.2, 0) is 11.3 Å². The maximum Gasteiger partial charge on any atom is 0.221 e. The SMILES string of the molecule is COc1ccc(CNC(=O)CCCl)c(OC)c1. The molecule has 0 aliphatic carbocycles. The smallest absolute Gasteiger partial charge is 0.221 e. The number of hydrogen-bond acceptors (Lipinski definition) is 3. The summed E-state index contributed by atoms with van der Waals surface area (Å²) >= 11 is 5.47. The first-order valence-corrected chi connectivity index (χ1v) is 5.78. The average molecular weight is 258 g/mol. The maximum atomic E-state index is 11.3. The third-order valence-corrected chi connectivity index (χ3v) is 2.48. The molecule has 4 nitrogen and oxygen atoms in total. The van der Waals surface area contributed by atoms with Gasteiger partial charge < -0.3 is 14.8 Å². The number of carbonyl (C=O) groups excluding carboxylic acids is 1. The van der Waals surface area contributed by atoms with Crippen LogP contribution in [0.1, 0.15) is 12.0 Å². The minimum atomic E-state index is -0.0714. The molecular weight excluding hydrogens is 242 g/mol. The van der Waals surface area contributed by atoms with Crippen LogP contribution in [0.4, 0.5) is 0 Å². The molecule has 1 aromatic carbocycles. The summed E-state index contributed by atoms with van der Waals surface area (Å²) in [7, 11) is 3.18. The van der Waals surface area contributed by atoms with Crippen molar-refractivity contribution in [2.45, 2.75) is 13.0 Å². The summed E-state index contributed by atoms with van der Waals surface area (Å²) in [6.07, 6.45) is 0.319. The van der Waals surface area contributed by atoms with Gasteiger partial charge in [-0.3, -0.25) is 4.79 Å². The van der Waals surface area contributed by atoms with E-state index in [1.807, 2.05) is 12.1 Å². The number of ether oxygens (including phenoxy) is 2. The van der Waals surface area contributed by atoms with Gasteiger partial charge in [0.05, 0.1) is 14.2 Å². The highest BCUT2D eigenvalue weighted by Crippen LogP contribution is 2.24. The fourth-order valence-electron chi connectivity index (χ4n) is 1.37. The lowest BCUT2D eigenvalue weighted by Gasteiger charge is -2.11. The third kappa shape index (κ3) is 4.15. The molecule has 0 fully saturated rings. The molecular formula is C12H16ClNO3. The van der Waals surface area contributed by atoms with Gasteiger partial charge in [0.2, 0.25) is 5.91 Å². The summed E-state index contributed by atoms with van der Waals surface area (Å²) in [6.45, 7) is 0.420. The number of carbonyl (C=O) groups is 1. The van der Waals surface area contributed by atoms with Crippen LogP contribution in [0.5, 0.6) is 11.5 Å². The zero-order valence-electron chi connectivity index (χ0n) is 9.96. The van der Waals surface area contributed by atoms with E-state index in [1.165, 1.54) is 0 Å². The van der Waals surface area contributed by atoms with Gasteiger partial charge in [0, 0.05) is 30.5 Å². The van der Waals surface area contributed by atoms with E-state index in [0.717, 1.165) is 11.3 Å². The minimum Gasteiger partial charge on any atom is -0.497 e. The molecule has 0 aromatic heterocycles. The van der Waals surface area contributed by atoms with Crippen molar-refractivity contribution in [2.24, 2.45) is 0 Å². The minimum absolute atomic E-state index is 0.0714. The van der Waals surface area contributed by atoms with Crippen LogP contribution < -0.4 is 14.8 Å². The summed E-state index contributed by atoms with van der Waals surface area (Å²) < 4.78 is 10.3. The van der Waals surface area contributed by atoms with E-state index in [4.69, 9.17) is 21.1 Å². The first-order chi connectivity index (χ1) is 8.21. The number of halogens is 1. The summed E-state index contributed by atoms with van der Waals surface area (Å²) in [4.78, 5) is 11.3. The molecule has 0 saturated heterocycles. The monoisotopic (exact) mass is 257 g/mol. The molecule has 0 heterocycles. The molecule has 1 rings (SSSR count). The van der Waals surface area contributed by atoms with Gasteiger partial charge in [-0.25, -0.2) is 0 Å². The molecule has 5 heteroatoms. The van der Waals surface area contributed by atoms with Crippen LogP contribution in [0.2, 0.25) is 0 Å². The van der Waals surface area contributed by atoms with Gasteiger partial charge in [-0.15, -0.1) is 11.6 Å². The molecule has 0 radical (unpaired) electrons. The summed E-state index contributed by atoms with van der Waals surface area (Å²) in [6, 6.07) is 5.47. The van der Waals surface area contributed by atoms with Crippen LogP contribution in [0.25, 0.3) is 0 Å². The van der Waals surface area contributed by atoms with E-state index in [0.29, 0.717) is 24.6 Å². The van der Waals surface area contributed by atoms with Crippen molar-refractivity contribution in [3.63, 3.8) is 0 Å². The summed E-state index contributed by atoms with van der Waals surface area (Å²) in [5.74, 6) is 1.66. The van der Waals surface area contributed by atoms with Gasteiger partial charge in [-0.1, -0.05) is 0 Å². The Hall–Kier alpha value is -1.42. The number of amides is 1. The Kier molecular flexibility index (Phi) is 5.63. The number of hydrogen-bond donors (Lipinski definition) is 1. The maximum absolute atomic E-state index is 11.3. The second-order valence-corrected chi connectivity index (χ2v) is 3.77. The van der Waals surface area contributed by atoms with Crippen LogP contribution in [-0.4, -0.2) is 26.0 Å². The predicted molar refractivity (Wildman–Crippen MR) is 66.7 cm³/mol. The fourth-order valence-corrected chi connectivity index (χ4v) is 1.54. The molecule has 0 unspecified atom stereocenters. The first kappa shape index (κ1) is 13.6. The largest absolute Gasteiger partial charge is 0.497 e. The molecule has 1 amide bonds. The van der Waals surface area contributed by atoms with Gasteiger partial charge in [0.25, 0.3) is 0 Å². The van der Waals surface area contributed by atoms with Crippen LogP contribution in [0.15, 0.2) is 18.2 Å². The van der Waals surface area contributed by atoms with E-state index in [1.54, 1.807) is 20.3 Å². The Morgan fingerprint density at radius 1 is 1.35 bits per heavy atom. The fraction of sp³-hybridized carbons (Fsp3) is 0.417. The highest BCUT2D eigenvalue weighted by atomic mass is 35.5. The van der Waals surface area contributed by atoms with Crippen LogP contribution >= 0.6 is 11.6 Å². The third-order valence-electron chi connectivity index (χ3n) is 2.29. The zero-order chi connectivity index (χ0) is 12.7. The Balaban J connectivity index is 2.67. The lowest BCUT2D eigenvalue weighted by molar-refractivity contribution is -0.120. The van der Waals surface area contributed by atoms with Crippen LogP contribution in [0, 0.1) is 0 Å². The molecule has 0 saturated carbocycles. The molecule has 94 valence electrons. The van der Waals surface area contributed by atoms with Crippen molar-refractivity contribution in [1.29, 1.82) is 0 Å². The Morgan fingerprint density at radius 3 is 2.71 bits per heavy atom. The van der Waals surface area contributed by atoms with Crippen molar-refractivity contribution in [3.8, 4) is 11.5 Å². The van der Waals surface area contributed by atoms with Crippen molar-refractivity contribution >= 4 is 17.5 Å². The normalized spacial score (nSPS) is 9.82. The highest BCUT2D eigenvalue weighted by Gasteiger charge is 2.06. The second kappa shape index (κ2) is 7.01. The van der Waals surface area contributed by atoms with Crippen LogP contribution in [0.3, 0.4) is 0 Å². The van der Waals surface area contributed by atoms with Gasteiger partial charge in [0.1, 0.15) is 11.5 Å². The predicted octanol–water partition coefficient (Wildman–Crippen LogP) is 1.95. The van der Waals surface area contributed by atoms with E-state index in [2.05, 4.69) is 5.32 Å². The number of methoxy groups -OCH3 is 2. The molecule has 17 heavy (non-hydrogen) atoms. The van der Waals surface area contributed by atoms with E-state index >= 15 is 0 Å². The standard InChI is InChI=1S/C12H16ClNO3/c1-16-10-4-3-9(11(7-10)17-2)8-14-12(15)5-6-13/h3-4,7H,5-6,8H2,1-2H3,(H,14,15). The quantitative estimate of drug-likeness (QED) is 0.793. The number of nitrogens with one attached hydrogen (secondary N) is 1. The molecule has 0 aliphatic rings. The Bertz CT molecular complexity index is 382. The Morgan fingerprint density at radius 2 is 2.12 bits per heavy atom. The summed E-state index contributed by atoms with van der Waals surface area (Å²) in [5, 5.41) is 2.77. The molecule has 0 atom stereocenters. The van der Waals surface area contributed by atoms with Crippen molar-refractivity contribution in [2.75, 3.05) is 20.1 Å². The number of benzene rings is 1. The lowest BCUT2D eigenvalue weighted by Crippen LogP contribution is -2.23. The van der Waals surface area contributed by atoms with E-state index in [9.17, 15) is 4.79 Å². The Labute approximate surface area is 106 Å². The molecule has 0 spiro atoms. The van der Waals surface area contributed by atoms with Gasteiger partial charge in [0.15, 0.2) is 0 Å². The van der Waals surface area contributed by atoms with Crippen molar-refractivity contribution < 1.29 is 14.3 Å². The molecule has 1 aromatic rings. The van der Waals surface area contributed by atoms with E-state index < -0.39 is 0 Å². The average Bonchev–Trinajstić information content (AvgIpc) is 2.36. The lowest BCUT2D eigenvalue weighted by atomic mass is 10.2. The van der Waals surface area contributed by atoms with E-state index in [-0.39, 0.29) is 5.91 Å². The zero-order valence-corrected chi connectivity index (χ0v) is 10.7. The number of alkyl halides is 1. The second-order valence-electron chi connectivity index (χ2n) is 3.39.